The van der Waals surface area contributed by atoms with Crippen molar-refractivity contribution in [2.24, 2.45) is 0 Å². The molecule has 0 saturated carbocycles. The van der Waals surface area contributed by atoms with E-state index in [4.69, 9.17) is 9.47 Å². The highest BCUT2D eigenvalue weighted by atomic mass is 79.9. The van der Waals surface area contributed by atoms with Crippen molar-refractivity contribution in [3.05, 3.63) is 99.8 Å². The van der Waals surface area contributed by atoms with E-state index in [1.54, 1.807) is 25.2 Å². The van der Waals surface area contributed by atoms with Gasteiger partial charge in [0.15, 0.2) is 0 Å². The lowest BCUT2D eigenvalue weighted by Crippen LogP contribution is -2.32. The summed E-state index contributed by atoms with van der Waals surface area (Å²) in [5.41, 5.74) is 5.26. The predicted octanol–water partition coefficient (Wildman–Crippen LogP) is 6.33. The van der Waals surface area contributed by atoms with E-state index in [1.807, 2.05) is 28.9 Å². The number of fused-ring (bicyclic) bond motifs is 3. The van der Waals surface area contributed by atoms with Gasteiger partial charge in [0.25, 0.3) is 0 Å². The third kappa shape index (κ3) is 3.40. The van der Waals surface area contributed by atoms with Gasteiger partial charge in [-0.25, -0.2) is 4.68 Å². The molecular formula is C26H21BrN4O2S. The molecule has 0 fully saturated rings. The van der Waals surface area contributed by atoms with Crippen molar-refractivity contribution in [3.8, 4) is 11.5 Å². The molecule has 0 amide bonds. The lowest BCUT2D eigenvalue weighted by Gasteiger charge is -2.39. The van der Waals surface area contributed by atoms with Gasteiger partial charge in [-0.1, -0.05) is 30.3 Å². The third-order valence-corrected chi connectivity index (χ3v) is 7.59. The fraction of sp³-hybridized carbons (Fsp3) is 0.154. The molecule has 1 aromatic heterocycles. The predicted molar refractivity (Wildman–Crippen MR) is 137 cm³/mol. The van der Waals surface area contributed by atoms with Crippen LogP contribution >= 0.6 is 27.7 Å². The Morgan fingerprint density at radius 1 is 1.06 bits per heavy atom. The summed E-state index contributed by atoms with van der Waals surface area (Å²) in [4.78, 5) is 5.71. The molecule has 0 aliphatic carbocycles. The highest BCUT2D eigenvalue weighted by Gasteiger charge is 2.41. The fourth-order valence-electron chi connectivity index (χ4n) is 4.64. The third-order valence-electron chi connectivity index (χ3n) is 6.23. The molecule has 6 rings (SSSR count). The first-order chi connectivity index (χ1) is 16.7. The summed E-state index contributed by atoms with van der Waals surface area (Å²) in [7, 11) is 1.67. The number of aromatic nitrogens is 3. The van der Waals surface area contributed by atoms with Gasteiger partial charge in [0.2, 0.25) is 5.95 Å². The lowest BCUT2D eigenvalue weighted by molar-refractivity contribution is 0.223. The van der Waals surface area contributed by atoms with Crippen LogP contribution < -0.4 is 14.8 Å². The standard InChI is InChI=1S/C26H21BrN4O2S/c1-32-21-12-9-16(13-19(21)27)24-22-23(30-26-28-14-29-31(24)26)18-5-3-4-6-20(18)33-25(22)15-7-10-17(34-2)11-8-15/h3-14,24-25H,1-2H3,(H,28,29,30)/t24-,25-/m1/s1. The summed E-state index contributed by atoms with van der Waals surface area (Å²) in [6.07, 6.45) is 3.37. The zero-order chi connectivity index (χ0) is 23.2. The van der Waals surface area contributed by atoms with Crippen LogP contribution in [0.25, 0.3) is 5.70 Å². The van der Waals surface area contributed by atoms with Gasteiger partial charge in [-0.15, -0.1) is 11.8 Å². The Balaban J connectivity index is 1.59. The molecule has 0 saturated heterocycles. The van der Waals surface area contributed by atoms with Crippen LogP contribution in [0.2, 0.25) is 0 Å². The first kappa shape index (κ1) is 21.3. The summed E-state index contributed by atoms with van der Waals surface area (Å²) >= 11 is 5.38. The normalized spacial score (nSPS) is 18.3. The zero-order valence-corrected chi connectivity index (χ0v) is 20.9. The van der Waals surface area contributed by atoms with Crippen LogP contribution in [-0.4, -0.2) is 28.1 Å². The number of halogens is 1. The Morgan fingerprint density at radius 3 is 2.62 bits per heavy atom. The number of rotatable bonds is 4. The van der Waals surface area contributed by atoms with Crippen LogP contribution in [0.3, 0.4) is 0 Å². The van der Waals surface area contributed by atoms with Crippen molar-refractivity contribution < 1.29 is 9.47 Å². The minimum Gasteiger partial charge on any atom is -0.496 e. The summed E-state index contributed by atoms with van der Waals surface area (Å²) in [5.74, 6) is 2.32. The number of methoxy groups -OCH3 is 1. The molecule has 2 aliphatic rings. The fourth-order valence-corrected chi connectivity index (χ4v) is 5.61. The molecule has 34 heavy (non-hydrogen) atoms. The highest BCUT2D eigenvalue weighted by molar-refractivity contribution is 9.10. The van der Waals surface area contributed by atoms with Crippen LogP contribution in [0, 0.1) is 0 Å². The first-order valence-electron chi connectivity index (χ1n) is 10.8. The van der Waals surface area contributed by atoms with E-state index in [0.29, 0.717) is 5.95 Å². The SMILES string of the molecule is COc1ccc([C@@H]2C3=C(Nc4ncnn42)c2ccccc2O[C@@H]3c2ccc(SC)cc2)cc1Br. The highest BCUT2D eigenvalue weighted by Crippen LogP contribution is 2.51. The lowest BCUT2D eigenvalue weighted by atomic mass is 9.84. The van der Waals surface area contributed by atoms with E-state index in [0.717, 1.165) is 43.9 Å². The van der Waals surface area contributed by atoms with E-state index >= 15 is 0 Å². The summed E-state index contributed by atoms with van der Waals surface area (Å²) in [6, 6.07) is 22.6. The average Bonchev–Trinajstić information content (AvgIpc) is 3.35. The van der Waals surface area contributed by atoms with Gasteiger partial charge >= 0.3 is 0 Å². The van der Waals surface area contributed by atoms with Gasteiger partial charge in [-0.3, -0.25) is 0 Å². The van der Waals surface area contributed by atoms with Crippen LogP contribution in [0.15, 0.2) is 88.0 Å². The number of nitrogens with one attached hydrogen (secondary N) is 1. The molecule has 0 unspecified atom stereocenters. The number of ether oxygens (including phenoxy) is 2. The summed E-state index contributed by atoms with van der Waals surface area (Å²) in [5, 5.41) is 8.14. The monoisotopic (exact) mass is 532 g/mol. The van der Waals surface area contributed by atoms with Gasteiger partial charge in [-0.2, -0.15) is 10.1 Å². The number of hydrogen-bond donors (Lipinski definition) is 1. The minimum absolute atomic E-state index is 0.213. The number of anilines is 1. The number of benzene rings is 3. The van der Waals surface area contributed by atoms with E-state index in [1.165, 1.54) is 4.90 Å². The van der Waals surface area contributed by atoms with Gasteiger partial charge in [0.05, 0.1) is 17.3 Å². The van der Waals surface area contributed by atoms with Gasteiger partial charge < -0.3 is 14.8 Å². The molecule has 3 heterocycles. The molecule has 6 nitrogen and oxygen atoms in total. The topological polar surface area (TPSA) is 61.2 Å². The smallest absolute Gasteiger partial charge is 0.226 e. The minimum atomic E-state index is -0.295. The number of hydrogen-bond acceptors (Lipinski definition) is 6. The van der Waals surface area contributed by atoms with Gasteiger partial charge in [-0.05, 0) is 69.7 Å². The number of nitrogens with zero attached hydrogens (tertiary/aromatic N) is 3. The van der Waals surface area contributed by atoms with Crippen LogP contribution in [0.5, 0.6) is 11.5 Å². The molecule has 0 spiro atoms. The van der Waals surface area contributed by atoms with E-state index in [2.05, 4.69) is 80.0 Å². The van der Waals surface area contributed by atoms with Gasteiger partial charge in [0, 0.05) is 16.0 Å². The van der Waals surface area contributed by atoms with E-state index in [-0.39, 0.29) is 12.1 Å². The van der Waals surface area contributed by atoms with Crippen molar-refractivity contribution in [3.63, 3.8) is 0 Å². The second-order valence-electron chi connectivity index (χ2n) is 8.05. The maximum atomic E-state index is 6.68. The Hall–Kier alpha value is -3.23. The summed E-state index contributed by atoms with van der Waals surface area (Å²) < 4.78 is 15.0. The zero-order valence-electron chi connectivity index (χ0n) is 18.5. The molecule has 0 bridgehead atoms. The van der Waals surface area contributed by atoms with Crippen LogP contribution in [0.4, 0.5) is 5.95 Å². The quantitative estimate of drug-likeness (QED) is 0.310. The maximum absolute atomic E-state index is 6.68. The Bertz CT molecular complexity index is 1420. The molecule has 4 aromatic rings. The maximum Gasteiger partial charge on any atom is 0.226 e. The van der Waals surface area contributed by atoms with E-state index < -0.39 is 0 Å². The Labute approximate surface area is 210 Å². The molecule has 3 aromatic carbocycles. The van der Waals surface area contributed by atoms with Gasteiger partial charge in [0.1, 0.15) is 30.0 Å². The molecule has 8 heteroatoms. The van der Waals surface area contributed by atoms with Crippen molar-refractivity contribution >= 4 is 39.3 Å². The average molecular weight is 533 g/mol. The second-order valence-corrected chi connectivity index (χ2v) is 9.78. The van der Waals surface area contributed by atoms with Crippen molar-refractivity contribution in [2.75, 3.05) is 18.7 Å². The number of para-hydroxylation sites is 1. The number of thioether (sulfide) groups is 1. The Morgan fingerprint density at radius 2 is 1.85 bits per heavy atom. The molecule has 170 valence electrons. The van der Waals surface area contributed by atoms with E-state index in [9.17, 15) is 0 Å². The second kappa shape index (κ2) is 8.52. The van der Waals surface area contributed by atoms with Crippen molar-refractivity contribution in [1.29, 1.82) is 0 Å². The largest absolute Gasteiger partial charge is 0.496 e. The van der Waals surface area contributed by atoms with Crippen LogP contribution in [-0.2, 0) is 0 Å². The molecule has 2 aliphatic heterocycles. The van der Waals surface area contributed by atoms with Crippen molar-refractivity contribution in [2.45, 2.75) is 17.0 Å². The Kier molecular flexibility index (Phi) is 5.34. The molecule has 0 radical (unpaired) electrons. The van der Waals surface area contributed by atoms with Crippen molar-refractivity contribution in [1.82, 2.24) is 14.8 Å². The molecule has 2 atom stereocenters. The molecular weight excluding hydrogens is 512 g/mol. The first-order valence-corrected chi connectivity index (χ1v) is 12.8. The molecule has 1 N–H and O–H groups in total. The summed E-state index contributed by atoms with van der Waals surface area (Å²) in [6.45, 7) is 0. The van der Waals surface area contributed by atoms with Crippen LogP contribution in [0.1, 0.15) is 28.8 Å².